The molecule has 9 heteroatoms. The SMILES string of the molecule is N#C/C(=C/c1ccc(N2CCOCC2)c([N+](=O)[O-])c1)C(=O)N1CCOCC1. The second-order valence-electron chi connectivity index (χ2n) is 6.18. The Kier molecular flexibility index (Phi) is 6.01. The Balaban J connectivity index is 1.87. The number of nitro benzene ring substituents is 1. The maximum absolute atomic E-state index is 12.5. The second kappa shape index (κ2) is 8.62. The van der Waals surface area contributed by atoms with Gasteiger partial charge in [0.15, 0.2) is 0 Å². The molecule has 2 saturated heterocycles. The molecule has 2 heterocycles. The minimum Gasteiger partial charge on any atom is -0.378 e. The molecule has 0 saturated carbocycles. The largest absolute Gasteiger partial charge is 0.378 e. The lowest BCUT2D eigenvalue weighted by atomic mass is 10.1. The monoisotopic (exact) mass is 372 g/mol. The molecule has 1 amide bonds. The van der Waals surface area contributed by atoms with Crippen molar-refractivity contribution in [3.63, 3.8) is 0 Å². The predicted octanol–water partition coefficient (Wildman–Crippen LogP) is 1.20. The van der Waals surface area contributed by atoms with Crippen LogP contribution in [0.15, 0.2) is 23.8 Å². The molecule has 0 unspecified atom stereocenters. The molecule has 0 bridgehead atoms. The average Bonchev–Trinajstić information content (AvgIpc) is 2.72. The molecule has 3 rings (SSSR count). The molecule has 0 N–H and O–H groups in total. The van der Waals surface area contributed by atoms with Gasteiger partial charge in [0.2, 0.25) is 0 Å². The van der Waals surface area contributed by atoms with E-state index < -0.39 is 4.92 Å². The summed E-state index contributed by atoms with van der Waals surface area (Å²) in [5.74, 6) is -0.388. The van der Waals surface area contributed by atoms with Gasteiger partial charge < -0.3 is 19.3 Å². The number of benzene rings is 1. The number of hydrogen-bond acceptors (Lipinski definition) is 7. The van der Waals surface area contributed by atoms with Crippen molar-refractivity contribution in [1.82, 2.24) is 4.90 Å². The molecule has 2 aliphatic heterocycles. The fraction of sp³-hybridized carbons (Fsp3) is 0.444. The van der Waals surface area contributed by atoms with Gasteiger partial charge in [-0.15, -0.1) is 0 Å². The quantitative estimate of drug-likeness (QED) is 0.338. The fourth-order valence-corrected chi connectivity index (χ4v) is 3.09. The van der Waals surface area contributed by atoms with Gasteiger partial charge in [-0.2, -0.15) is 5.26 Å². The van der Waals surface area contributed by atoms with Crippen LogP contribution in [0.2, 0.25) is 0 Å². The first-order chi connectivity index (χ1) is 13.1. The molecule has 27 heavy (non-hydrogen) atoms. The number of nitrogens with zero attached hydrogens (tertiary/aromatic N) is 4. The van der Waals surface area contributed by atoms with Crippen LogP contribution in [0.5, 0.6) is 0 Å². The number of rotatable bonds is 4. The van der Waals surface area contributed by atoms with E-state index in [9.17, 15) is 20.2 Å². The van der Waals surface area contributed by atoms with Gasteiger partial charge in [-0.3, -0.25) is 14.9 Å². The van der Waals surface area contributed by atoms with Crippen molar-refractivity contribution in [3.05, 3.63) is 39.4 Å². The number of amides is 1. The summed E-state index contributed by atoms with van der Waals surface area (Å²) in [4.78, 5) is 27.0. The van der Waals surface area contributed by atoms with Gasteiger partial charge in [0.1, 0.15) is 17.3 Å². The van der Waals surface area contributed by atoms with Crippen molar-refractivity contribution in [1.29, 1.82) is 5.26 Å². The van der Waals surface area contributed by atoms with Crippen molar-refractivity contribution >= 4 is 23.4 Å². The van der Waals surface area contributed by atoms with E-state index in [1.165, 1.54) is 12.1 Å². The predicted molar refractivity (Wildman–Crippen MR) is 97.1 cm³/mol. The Hall–Kier alpha value is -2.96. The summed E-state index contributed by atoms with van der Waals surface area (Å²) in [6.07, 6.45) is 1.40. The van der Waals surface area contributed by atoms with Crippen LogP contribution in [-0.4, -0.2) is 68.3 Å². The van der Waals surface area contributed by atoms with Crippen molar-refractivity contribution in [2.75, 3.05) is 57.5 Å². The first-order valence-electron chi connectivity index (χ1n) is 8.70. The smallest absolute Gasteiger partial charge is 0.293 e. The molecule has 9 nitrogen and oxygen atoms in total. The zero-order valence-electron chi connectivity index (χ0n) is 14.8. The van der Waals surface area contributed by atoms with E-state index >= 15 is 0 Å². The third-order valence-corrected chi connectivity index (χ3v) is 4.51. The van der Waals surface area contributed by atoms with Crippen molar-refractivity contribution in [3.8, 4) is 6.07 Å². The van der Waals surface area contributed by atoms with Crippen LogP contribution in [0.4, 0.5) is 11.4 Å². The van der Waals surface area contributed by atoms with Gasteiger partial charge in [-0.25, -0.2) is 0 Å². The molecule has 1 aromatic rings. The van der Waals surface area contributed by atoms with Gasteiger partial charge in [0.25, 0.3) is 11.6 Å². The Morgan fingerprint density at radius 2 is 1.78 bits per heavy atom. The number of ether oxygens (including phenoxy) is 2. The molecule has 2 fully saturated rings. The normalized spacial score (nSPS) is 18.1. The summed E-state index contributed by atoms with van der Waals surface area (Å²) in [5, 5.41) is 20.9. The van der Waals surface area contributed by atoms with Gasteiger partial charge in [0, 0.05) is 32.2 Å². The van der Waals surface area contributed by atoms with Gasteiger partial charge in [-0.1, -0.05) is 6.07 Å². The minimum absolute atomic E-state index is 0.0506. The van der Waals surface area contributed by atoms with Gasteiger partial charge >= 0.3 is 0 Å². The van der Waals surface area contributed by atoms with E-state index in [1.807, 2.05) is 11.0 Å². The lowest BCUT2D eigenvalue weighted by molar-refractivity contribution is -0.384. The molecule has 0 radical (unpaired) electrons. The molecular weight excluding hydrogens is 352 g/mol. The van der Waals surface area contributed by atoms with Crippen LogP contribution in [-0.2, 0) is 14.3 Å². The fourth-order valence-electron chi connectivity index (χ4n) is 3.09. The number of carbonyl (C=O) groups excluding carboxylic acids is 1. The summed E-state index contributed by atoms with van der Waals surface area (Å²) in [6, 6.07) is 6.64. The van der Waals surface area contributed by atoms with E-state index in [-0.39, 0.29) is 17.2 Å². The summed E-state index contributed by atoms with van der Waals surface area (Å²) < 4.78 is 10.5. The minimum atomic E-state index is -0.446. The van der Waals surface area contributed by atoms with Crippen molar-refractivity contribution in [2.24, 2.45) is 0 Å². The standard InChI is InChI=1S/C18H20N4O5/c19-13-15(18(23)21-5-9-27-10-6-21)11-14-1-2-16(17(12-14)22(24)25)20-3-7-26-8-4-20/h1-2,11-12H,3-10H2/b15-11-. The zero-order chi connectivity index (χ0) is 19.2. The molecular formula is C18H20N4O5. The highest BCUT2D eigenvalue weighted by atomic mass is 16.6. The Labute approximate surface area is 156 Å². The number of morpholine rings is 2. The Morgan fingerprint density at radius 3 is 2.37 bits per heavy atom. The maximum atomic E-state index is 12.5. The van der Waals surface area contributed by atoms with Crippen LogP contribution in [0.1, 0.15) is 5.56 Å². The Bertz CT molecular complexity index is 789. The lowest BCUT2D eigenvalue weighted by Gasteiger charge is -2.28. The number of nitro groups is 1. The summed E-state index contributed by atoms with van der Waals surface area (Å²) in [6.45, 7) is 3.91. The van der Waals surface area contributed by atoms with Crippen LogP contribution in [0.3, 0.4) is 0 Å². The van der Waals surface area contributed by atoms with Crippen LogP contribution in [0, 0.1) is 21.4 Å². The van der Waals surface area contributed by atoms with E-state index in [1.54, 1.807) is 17.0 Å². The molecule has 0 aliphatic carbocycles. The number of carbonyl (C=O) groups is 1. The Morgan fingerprint density at radius 1 is 1.15 bits per heavy atom. The van der Waals surface area contributed by atoms with Crippen molar-refractivity contribution in [2.45, 2.75) is 0 Å². The highest BCUT2D eigenvalue weighted by molar-refractivity contribution is 6.01. The third-order valence-electron chi connectivity index (χ3n) is 4.51. The summed E-state index contributed by atoms with van der Waals surface area (Å²) in [5.41, 5.74) is 0.849. The molecule has 0 aromatic heterocycles. The maximum Gasteiger partial charge on any atom is 0.293 e. The van der Waals surface area contributed by atoms with Gasteiger partial charge in [0.05, 0.1) is 31.4 Å². The van der Waals surface area contributed by atoms with E-state index in [0.29, 0.717) is 63.9 Å². The lowest BCUT2D eigenvalue weighted by Crippen LogP contribution is -2.41. The number of nitriles is 1. The van der Waals surface area contributed by atoms with E-state index in [4.69, 9.17) is 9.47 Å². The van der Waals surface area contributed by atoms with E-state index in [2.05, 4.69) is 0 Å². The first kappa shape index (κ1) is 18.8. The first-order valence-corrected chi connectivity index (χ1v) is 8.70. The zero-order valence-corrected chi connectivity index (χ0v) is 14.8. The van der Waals surface area contributed by atoms with Crippen LogP contribution >= 0.6 is 0 Å². The summed E-state index contributed by atoms with van der Waals surface area (Å²) >= 11 is 0. The molecule has 142 valence electrons. The van der Waals surface area contributed by atoms with Gasteiger partial charge in [-0.05, 0) is 17.7 Å². The average molecular weight is 372 g/mol. The molecule has 0 spiro atoms. The third kappa shape index (κ3) is 4.42. The number of anilines is 1. The molecule has 0 atom stereocenters. The highest BCUT2D eigenvalue weighted by Crippen LogP contribution is 2.30. The highest BCUT2D eigenvalue weighted by Gasteiger charge is 2.23. The number of hydrogen-bond donors (Lipinski definition) is 0. The van der Waals surface area contributed by atoms with Crippen molar-refractivity contribution < 1.29 is 19.2 Å². The second-order valence-corrected chi connectivity index (χ2v) is 6.18. The topological polar surface area (TPSA) is 109 Å². The van der Waals surface area contributed by atoms with Crippen LogP contribution < -0.4 is 4.90 Å². The molecule has 2 aliphatic rings. The molecule has 1 aromatic carbocycles. The summed E-state index contributed by atoms with van der Waals surface area (Å²) in [7, 11) is 0. The van der Waals surface area contributed by atoms with E-state index in [0.717, 1.165) is 0 Å². The van der Waals surface area contributed by atoms with Crippen LogP contribution in [0.25, 0.3) is 6.08 Å².